The van der Waals surface area contributed by atoms with E-state index in [0.29, 0.717) is 0 Å². The molecule has 0 aliphatic carbocycles. The van der Waals surface area contributed by atoms with E-state index < -0.39 is 0 Å². The fourth-order valence-corrected chi connectivity index (χ4v) is 1.56. The van der Waals surface area contributed by atoms with Crippen molar-refractivity contribution in [2.24, 2.45) is 7.05 Å². The van der Waals surface area contributed by atoms with Crippen LogP contribution in [0.15, 0.2) is 24.5 Å². The Morgan fingerprint density at radius 3 is 2.60 bits per heavy atom. The summed E-state index contributed by atoms with van der Waals surface area (Å²) in [5.41, 5.74) is 3.94. The molecular formula is C12H15N3. The second-order valence-corrected chi connectivity index (χ2v) is 3.95. The average Bonchev–Trinajstić information content (AvgIpc) is 2.59. The molecule has 1 aromatic carbocycles. The lowest BCUT2D eigenvalue weighted by atomic mass is 10.0. The molecule has 0 unspecified atom stereocenters. The third kappa shape index (κ3) is 2.06. The topological polar surface area (TPSA) is 30.7 Å². The first-order valence-electron chi connectivity index (χ1n) is 5.06. The number of aromatic nitrogens is 3. The smallest absolute Gasteiger partial charge is 0.136 e. The maximum absolute atomic E-state index is 4.08. The Morgan fingerprint density at radius 1 is 1.20 bits per heavy atom. The number of rotatable bonds is 2. The van der Waals surface area contributed by atoms with Crippen LogP contribution in [0.2, 0.25) is 0 Å². The highest BCUT2D eigenvalue weighted by atomic mass is 15.2. The van der Waals surface area contributed by atoms with E-state index in [-0.39, 0.29) is 0 Å². The number of aryl methyl sites for hydroxylation is 3. The van der Waals surface area contributed by atoms with Gasteiger partial charge in [-0.15, -0.1) is 10.2 Å². The molecule has 0 atom stereocenters. The minimum atomic E-state index is 0.845. The summed E-state index contributed by atoms with van der Waals surface area (Å²) in [6, 6.07) is 6.52. The first kappa shape index (κ1) is 9.90. The van der Waals surface area contributed by atoms with E-state index in [0.717, 1.165) is 12.2 Å². The summed E-state index contributed by atoms with van der Waals surface area (Å²) < 4.78 is 1.95. The van der Waals surface area contributed by atoms with Crippen molar-refractivity contribution >= 4 is 0 Å². The summed E-state index contributed by atoms with van der Waals surface area (Å²) in [6.07, 6.45) is 2.58. The van der Waals surface area contributed by atoms with Crippen LogP contribution in [0.5, 0.6) is 0 Å². The Labute approximate surface area is 89.8 Å². The normalized spacial score (nSPS) is 10.6. The summed E-state index contributed by atoms with van der Waals surface area (Å²) in [5.74, 6) is 0.998. The molecule has 0 aliphatic heterocycles. The summed E-state index contributed by atoms with van der Waals surface area (Å²) in [5, 5.41) is 7.95. The number of hydrogen-bond acceptors (Lipinski definition) is 2. The second-order valence-electron chi connectivity index (χ2n) is 3.95. The van der Waals surface area contributed by atoms with E-state index in [4.69, 9.17) is 0 Å². The summed E-state index contributed by atoms with van der Waals surface area (Å²) in [7, 11) is 1.97. The van der Waals surface area contributed by atoms with Crippen LogP contribution in [0.4, 0.5) is 0 Å². The van der Waals surface area contributed by atoms with Crippen molar-refractivity contribution in [3.8, 4) is 0 Å². The van der Waals surface area contributed by atoms with Gasteiger partial charge in [-0.25, -0.2) is 0 Å². The molecule has 0 fully saturated rings. The van der Waals surface area contributed by atoms with Crippen LogP contribution < -0.4 is 0 Å². The molecule has 0 saturated carbocycles. The van der Waals surface area contributed by atoms with Crippen LogP contribution in [-0.2, 0) is 13.5 Å². The maximum atomic E-state index is 4.08. The first-order valence-corrected chi connectivity index (χ1v) is 5.06. The lowest BCUT2D eigenvalue weighted by Gasteiger charge is -2.04. The van der Waals surface area contributed by atoms with Gasteiger partial charge in [0.25, 0.3) is 0 Å². The SMILES string of the molecule is Cc1ccc(Cc2nncn2C)cc1C. The Bertz CT molecular complexity index is 471. The van der Waals surface area contributed by atoms with Crippen LogP contribution in [-0.4, -0.2) is 14.8 Å². The highest BCUT2D eigenvalue weighted by Crippen LogP contribution is 2.12. The third-order valence-electron chi connectivity index (χ3n) is 2.74. The van der Waals surface area contributed by atoms with Gasteiger partial charge in [-0.2, -0.15) is 0 Å². The molecule has 0 aliphatic rings. The van der Waals surface area contributed by atoms with Gasteiger partial charge in [0.05, 0.1) is 0 Å². The van der Waals surface area contributed by atoms with Crippen molar-refractivity contribution in [2.45, 2.75) is 20.3 Å². The Hall–Kier alpha value is -1.64. The van der Waals surface area contributed by atoms with Crippen molar-refractivity contribution in [1.29, 1.82) is 0 Å². The molecule has 2 rings (SSSR count). The fourth-order valence-electron chi connectivity index (χ4n) is 1.56. The monoisotopic (exact) mass is 201 g/mol. The highest BCUT2D eigenvalue weighted by molar-refractivity contribution is 5.31. The van der Waals surface area contributed by atoms with E-state index in [9.17, 15) is 0 Å². The Balaban J connectivity index is 2.25. The van der Waals surface area contributed by atoms with Gasteiger partial charge in [0.15, 0.2) is 0 Å². The summed E-state index contributed by atoms with van der Waals surface area (Å²) in [6.45, 7) is 4.26. The van der Waals surface area contributed by atoms with Gasteiger partial charge in [0, 0.05) is 13.5 Å². The predicted octanol–water partition coefficient (Wildman–Crippen LogP) is 2.02. The van der Waals surface area contributed by atoms with E-state index in [2.05, 4.69) is 42.2 Å². The van der Waals surface area contributed by atoms with Crippen LogP contribution in [0.1, 0.15) is 22.5 Å². The minimum Gasteiger partial charge on any atom is -0.320 e. The standard InChI is InChI=1S/C12H15N3/c1-9-4-5-11(6-10(9)2)7-12-14-13-8-15(12)3/h4-6,8H,7H2,1-3H3. The summed E-state index contributed by atoms with van der Waals surface area (Å²) in [4.78, 5) is 0. The number of nitrogens with zero attached hydrogens (tertiary/aromatic N) is 3. The van der Waals surface area contributed by atoms with Gasteiger partial charge in [-0.1, -0.05) is 18.2 Å². The molecule has 3 heteroatoms. The van der Waals surface area contributed by atoms with Gasteiger partial charge in [0.2, 0.25) is 0 Å². The lowest BCUT2D eigenvalue weighted by Crippen LogP contribution is -1.99. The van der Waals surface area contributed by atoms with Gasteiger partial charge < -0.3 is 4.57 Å². The molecule has 0 N–H and O–H groups in total. The van der Waals surface area contributed by atoms with Crippen molar-refractivity contribution < 1.29 is 0 Å². The molecule has 15 heavy (non-hydrogen) atoms. The molecule has 0 bridgehead atoms. The lowest BCUT2D eigenvalue weighted by molar-refractivity contribution is 0.821. The van der Waals surface area contributed by atoms with Crippen molar-refractivity contribution in [2.75, 3.05) is 0 Å². The third-order valence-corrected chi connectivity index (χ3v) is 2.74. The van der Waals surface area contributed by atoms with Gasteiger partial charge in [-0.3, -0.25) is 0 Å². The molecule has 78 valence electrons. The van der Waals surface area contributed by atoms with Gasteiger partial charge in [0.1, 0.15) is 12.2 Å². The van der Waals surface area contributed by atoms with Crippen molar-refractivity contribution in [1.82, 2.24) is 14.8 Å². The van der Waals surface area contributed by atoms with E-state index in [1.54, 1.807) is 6.33 Å². The highest BCUT2D eigenvalue weighted by Gasteiger charge is 2.03. The molecule has 1 aromatic heterocycles. The quantitative estimate of drug-likeness (QED) is 0.744. The zero-order chi connectivity index (χ0) is 10.8. The molecule has 2 aromatic rings. The molecule has 0 amide bonds. The van der Waals surface area contributed by atoms with Crippen LogP contribution in [0, 0.1) is 13.8 Å². The van der Waals surface area contributed by atoms with E-state index in [1.807, 2.05) is 11.6 Å². The molecule has 1 heterocycles. The second kappa shape index (κ2) is 3.85. The van der Waals surface area contributed by atoms with E-state index in [1.165, 1.54) is 16.7 Å². The average molecular weight is 201 g/mol. The zero-order valence-electron chi connectivity index (χ0n) is 9.36. The number of hydrogen-bond donors (Lipinski definition) is 0. The van der Waals surface area contributed by atoms with E-state index >= 15 is 0 Å². The maximum Gasteiger partial charge on any atom is 0.136 e. The predicted molar refractivity (Wildman–Crippen MR) is 59.7 cm³/mol. The summed E-state index contributed by atoms with van der Waals surface area (Å²) >= 11 is 0. The van der Waals surface area contributed by atoms with Crippen LogP contribution >= 0.6 is 0 Å². The van der Waals surface area contributed by atoms with Crippen molar-refractivity contribution in [3.05, 3.63) is 47.0 Å². The Morgan fingerprint density at radius 2 is 2.00 bits per heavy atom. The molecule has 0 radical (unpaired) electrons. The first-order chi connectivity index (χ1) is 7.16. The van der Waals surface area contributed by atoms with Gasteiger partial charge in [-0.05, 0) is 30.5 Å². The molecule has 0 saturated heterocycles. The molecule has 0 spiro atoms. The minimum absolute atomic E-state index is 0.845. The van der Waals surface area contributed by atoms with Crippen molar-refractivity contribution in [3.63, 3.8) is 0 Å². The zero-order valence-corrected chi connectivity index (χ0v) is 9.36. The largest absolute Gasteiger partial charge is 0.320 e. The fraction of sp³-hybridized carbons (Fsp3) is 0.333. The molecular weight excluding hydrogens is 186 g/mol. The Kier molecular flexibility index (Phi) is 2.54. The van der Waals surface area contributed by atoms with Crippen LogP contribution in [0.3, 0.4) is 0 Å². The molecule has 3 nitrogen and oxygen atoms in total. The van der Waals surface area contributed by atoms with Gasteiger partial charge >= 0.3 is 0 Å². The number of benzene rings is 1. The van der Waals surface area contributed by atoms with Crippen LogP contribution in [0.25, 0.3) is 0 Å².